The van der Waals surface area contributed by atoms with Gasteiger partial charge in [-0.3, -0.25) is 14.3 Å². The Balaban J connectivity index is 1.08. The summed E-state index contributed by atoms with van der Waals surface area (Å²) in [6.07, 6.45) is 13.8. The lowest BCUT2D eigenvalue weighted by Gasteiger charge is -2.17. The van der Waals surface area contributed by atoms with Crippen LogP contribution < -0.4 is 10.6 Å². The van der Waals surface area contributed by atoms with Crippen LogP contribution in [0, 0.1) is 0 Å². The van der Waals surface area contributed by atoms with E-state index in [9.17, 15) is 9.59 Å². The average Bonchev–Trinajstić information content (AvgIpc) is 3.57. The summed E-state index contributed by atoms with van der Waals surface area (Å²) in [4.78, 5) is 24.1. The first-order valence-corrected chi connectivity index (χ1v) is 15.7. The highest BCUT2D eigenvalue weighted by Gasteiger charge is 2.40. The molecule has 38 heavy (non-hydrogen) atoms. The van der Waals surface area contributed by atoms with E-state index in [1.54, 1.807) is 0 Å². The highest BCUT2D eigenvalue weighted by Crippen LogP contribution is 2.34. The van der Waals surface area contributed by atoms with Gasteiger partial charge in [0.15, 0.2) is 0 Å². The number of ketones is 1. The summed E-state index contributed by atoms with van der Waals surface area (Å²) in [6.45, 7) is 11.7. The number of esters is 1. The number of fused-ring (bicyclic) bond motifs is 1. The number of ether oxygens (including phenoxy) is 1. The van der Waals surface area contributed by atoms with Crippen LogP contribution in [0.25, 0.3) is 0 Å². The summed E-state index contributed by atoms with van der Waals surface area (Å²) < 4.78 is 7.26. The third-order valence-electron chi connectivity index (χ3n) is 7.41. The van der Waals surface area contributed by atoms with E-state index in [4.69, 9.17) is 4.74 Å². The number of rotatable bonds is 18. The number of carbonyl (C=O) groups is 2. The molecule has 1 aromatic rings. The zero-order valence-electron chi connectivity index (χ0n) is 23.8. The molecule has 3 heterocycles. The van der Waals surface area contributed by atoms with Crippen molar-refractivity contribution in [3.05, 3.63) is 24.3 Å². The summed E-state index contributed by atoms with van der Waals surface area (Å²) >= 11 is 2.04. The molecule has 8 nitrogen and oxygen atoms in total. The number of nitrogens with one attached hydrogen (secondary N) is 2. The Bertz CT molecular complexity index is 897. The molecule has 9 heteroatoms. The van der Waals surface area contributed by atoms with Gasteiger partial charge in [-0.2, -0.15) is 11.8 Å². The van der Waals surface area contributed by atoms with Crippen molar-refractivity contribution >= 4 is 23.5 Å². The van der Waals surface area contributed by atoms with Gasteiger partial charge in [0, 0.05) is 48.4 Å². The molecule has 2 N–H and O–H groups in total. The number of aromatic nitrogens is 3. The molecule has 0 radical (unpaired) electrons. The largest absolute Gasteiger partial charge is 0.466 e. The molecule has 2 aliphatic heterocycles. The molecular formula is C29H49N5O3S. The molecule has 0 saturated carbocycles. The molecule has 2 fully saturated rings. The zero-order valence-corrected chi connectivity index (χ0v) is 24.6. The summed E-state index contributed by atoms with van der Waals surface area (Å²) in [5.41, 5.74) is 1.02. The van der Waals surface area contributed by atoms with Crippen LogP contribution in [0.5, 0.6) is 0 Å². The van der Waals surface area contributed by atoms with Crippen molar-refractivity contribution in [1.82, 2.24) is 25.6 Å². The third kappa shape index (κ3) is 10.6. The van der Waals surface area contributed by atoms with E-state index in [1.165, 1.54) is 6.42 Å². The van der Waals surface area contributed by atoms with Crippen molar-refractivity contribution in [2.45, 2.75) is 134 Å². The Hall–Kier alpha value is -2.03. The molecule has 0 aromatic carbocycles. The summed E-state index contributed by atoms with van der Waals surface area (Å²) in [7, 11) is 0. The van der Waals surface area contributed by atoms with Crippen LogP contribution in [-0.4, -0.2) is 56.4 Å². The van der Waals surface area contributed by atoms with Crippen molar-refractivity contribution in [2.75, 3.05) is 12.4 Å². The van der Waals surface area contributed by atoms with Gasteiger partial charge in [0.05, 0.1) is 30.2 Å². The van der Waals surface area contributed by atoms with E-state index in [2.05, 4.69) is 48.3 Å². The fourth-order valence-corrected chi connectivity index (χ4v) is 6.59. The fourth-order valence-electron chi connectivity index (χ4n) is 5.05. The molecule has 1 aromatic heterocycles. The van der Waals surface area contributed by atoms with Gasteiger partial charge in [-0.15, -0.1) is 5.10 Å². The number of nitrogens with zero attached hydrogens (tertiary/aromatic N) is 3. The lowest BCUT2D eigenvalue weighted by molar-refractivity contribution is -0.143. The van der Waals surface area contributed by atoms with Gasteiger partial charge >= 0.3 is 5.97 Å². The first-order valence-electron chi connectivity index (χ1n) is 14.6. The molecule has 0 aliphatic carbocycles. The van der Waals surface area contributed by atoms with Gasteiger partial charge in [-0.25, -0.2) is 0 Å². The van der Waals surface area contributed by atoms with Crippen molar-refractivity contribution in [3.8, 4) is 0 Å². The van der Waals surface area contributed by atoms with Gasteiger partial charge in [0.2, 0.25) is 0 Å². The number of hydrogen-bond donors (Lipinski definition) is 2. The summed E-state index contributed by atoms with van der Waals surface area (Å²) in [5, 5.41) is 15.9. The standard InChI is InChI=1S/C29H49N5O3S/c1-22-30-24-21-38-25(28(24)31-22)16-11-10-15-23(35)14-8-5-6-13-19-37-27(36)17-9-7-12-18-34-20-26(32-33-34)29(2,3)4/h20,24-25,28,30-31H,1,5-19,21H2,2-4H3/t24-,25+,28-/m0/s1. The number of aryl methyl sites for hydroxylation is 1. The Kier molecular flexibility index (Phi) is 12.5. The highest BCUT2D eigenvalue weighted by molar-refractivity contribution is 8.00. The Morgan fingerprint density at radius 1 is 1.03 bits per heavy atom. The number of unbranched alkanes of at least 4 members (excludes halogenated alkanes) is 6. The molecule has 0 amide bonds. The monoisotopic (exact) mass is 547 g/mol. The minimum absolute atomic E-state index is 0.0142. The van der Waals surface area contributed by atoms with Gasteiger partial charge < -0.3 is 15.4 Å². The molecule has 214 valence electrons. The van der Waals surface area contributed by atoms with Crippen LogP contribution in [0.3, 0.4) is 0 Å². The van der Waals surface area contributed by atoms with E-state index in [1.807, 2.05) is 22.6 Å². The maximum Gasteiger partial charge on any atom is 0.305 e. The maximum atomic E-state index is 12.2. The quantitative estimate of drug-likeness (QED) is 0.189. The van der Waals surface area contributed by atoms with Crippen molar-refractivity contribution in [3.63, 3.8) is 0 Å². The first-order chi connectivity index (χ1) is 18.2. The summed E-state index contributed by atoms with van der Waals surface area (Å²) in [5.74, 6) is 2.39. The molecular weight excluding hydrogens is 498 g/mol. The zero-order chi connectivity index (χ0) is 27.4. The van der Waals surface area contributed by atoms with Gasteiger partial charge in [0.1, 0.15) is 5.78 Å². The van der Waals surface area contributed by atoms with Gasteiger partial charge in [-0.05, 0) is 38.5 Å². The molecule has 0 spiro atoms. The van der Waals surface area contributed by atoms with Crippen molar-refractivity contribution < 1.29 is 14.3 Å². The maximum absolute atomic E-state index is 12.2. The van der Waals surface area contributed by atoms with Gasteiger partial charge in [0.25, 0.3) is 0 Å². The second-order valence-corrected chi connectivity index (χ2v) is 13.1. The molecule has 3 rings (SSSR count). The molecule has 2 aliphatic rings. The minimum atomic E-state index is -0.104. The lowest BCUT2D eigenvalue weighted by Crippen LogP contribution is -2.36. The fraction of sp³-hybridized carbons (Fsp3) is 0.793. The predicted octanol–water partition coefficient (Wildman–Crippen LogP) is 5.28. The number of thioether (sulfide) groups is 1. The number of Topliss-reactive ketones (excluding diaryl/α,β-unsaturated/α-hetero) is 1. The van der Waals surface area contributed by atoms with Crippen LogP contribution in [0.15, 0.2) is 18.6 Å². The van der Waals surface area contributed by atoms with E-state index in [0.717, 1.165) is 81.6 Å². The molecule has 0 bridgehead atoms. The number of carbonyl (C=O) groups excluding carboxylic acids is 2. The Morgan fingerprint density at radius 3 is 2.50 bits per heavy atom. The third-order valence-corrected chi connectivity index (χ3v) is 8.92. The summed E-state index contributed by atoms with van der Waals surface area (Å²) in [6, 6.07) is 1.02. The molecule has 2 saturated heterocycles. The van der Waals surface area contributed by atoms with E-state index < -0.39 is 0 Å². The average molecular weight is 548 g/mol. The first kappa shape index (κ1) is 30.5. The van der Waals surface area contributed by atoms with Crippen molar-refractivity contribution in [2.24, 2.45) is 0 Å². The van der Waals surface area contributed by atoms with Crippen LogP contribution in [0.2, 0.25) is 0 Å². The normalized spacial score (nSPS) is 20.7. The minimum Gasteiger partial charge on any atom is -0.466 e. The van der Waals surface area contributed by atoms with E-state index in [-0.39, 0.29) is 11.4 Å². The Morgan fingerprint density at radius 2 is 1.74 bits per heavy atom. The van der Waals surface area contributed by atoms with E-state index in [0.29, 0.717) is 49.0 Å². The Labute approximate surface area is 233 Å². The SMILES string of the molecule is C=C1N[C@H]2[C@H](CS[C@@H]2CCCCC(=O)CCCCCCOC(=O)CCCCCn2cc(C(C)(C)C)nn2)N1. The van der Waals surface area contributed by atoms with Crippen LogP contribution in [0.4, 0.5) is 0 Å². The highest BCUT2D eigenvalue weighted by atomic mass is 32.2. The molecule has 0 unspecified atom stereocenters. The second-order valence-electron chi connectivity index (χ2n) is 11.9. The van der Waals surface area contributed by atoms with Crippen LogP contribution in [-0.2, 0) is 26.3 Å². The lowest BCUT2D eigenvalue weighted by atomic mass is 9.93. The van der Waals surface area contributed by atoms with Crippen LogP contribution in [0.1, 0.15) is 110 Å². The second kappa shape index (κ2) is 15.5. The topological polar surface area (TPSA) is 98.1 Å². The van der Waals surface area contributed by atoms with Crippen LogP contribution >= 0.6 is 11.8 Å². The van der Waals surface area contributed by atoms with E-state index >= 15 is 0 Å². The predicted molar refractivity (Wildman–Crippen MR) is 154 cm³/mol. The smallest absolute Gasteiger partial charge is 0.305 e. The number of hydrogen-bond acceptors (Lipinski definition) is 8. The van der Waals surface area contributed by atoms with Crippen molar-refractivity contribution in [1.29, 1.82) is 0 Å². The van der Waals surface area contributed by atoms with Gasteiger partial charge in [-0.1, -0.05) is 58.2 Å². The molecule has 3 atom stereocenters.